The molecule has 2 aromatic heterocycles. The number of aromatic nitrogens is 4. The molecule has 0 aliphatic carbocycles. The molecular formula is C14H23N4O11P. The number of imidazole rings is 1. The van der Waals surface area contributed by atoms with Crippen molar-refractivity contribution in [3.05, 3.63) is 31.3 Å². The van der Waals surface area contributed by atoms with Gasteiger partial charge in [0, 0.05) is 6.54 Å². The maximum atomic E-state index is 12.8. The van der Waals surface area contributed by atoms with E-state index in [9.17, 15) is 34.3 Å². The van der Waals surface area contributed by atoms with Crippen LogP contribution in [0.1, 0.15) is 12.8 Å². The summed E-state index contributed by atoms with van der Waals surface area (Å²) in [5.74, 6) is 0. The summed E-state index contributed by atoms with van der Waals surface area (Å²) in [5, 5.41) is 38.2. The number of aliphatic hydroxyl groups is 4. The number of nitrogens with zero attached hydrogens (tertiary/aromatic N) is 2. The lowest BCUT2D eigenvalue weighted by atomic mass is 10.1. The van der Waals surface area contributed by atoms with E-state index in [1.165, 1.54) is 0 Å². The Morgan fingerprint density at radius 3 is 2.27 bits per heavy atom. The molecule has 2 rings (SSSR count). The van der Waals surface area contributed by atoms with E-state index >= 15 is 0 Å². The van der Waals surface area contributed by atoms with Crippen LogP contribution in [0.4, 0.5) is 0 Å². The number of unbranched alkanes of at least 4 members (excludes halogenated alkanes) is 1. The molecule has 0 spiro atoms. The van der Waals surface area contributed by atoms with Gasteiger partial charge in [-0.2, -0.15) is 0 Å². The standard InChI is InChI=1S/C14H23N4O11P/c19-6-8(21)10(22)7(20)5-18-11-9(12(23)16-13(24)15-11)17(14(18)25)3-1-2-4-29-30(26,27)28/h7-8,10,19-22H,1-6H2,(H2,26,27,28)(H2,15,16,23,24). The molecule has 0 saturated heterocycles. The topological polar surface area (TPSA) is 240 Å². The molecule has 0 aliphatic heterocycles. The molecule has 2 heterocycles. The number of aliphatic hydroxyl groups excluding tert-OH is 4. The van der Waals surface area contributed by atoms with Crippen LogP contribution in [-0.2, 0) is 22.2 Å². The summed E-state index contributed by atoms with van der Waals surface area (Å²) in [6.45, 7) is -1.84. The third kappa shape index (κ3) is 5.74. The second-order valence-electron chi connectivity index (χ2n) is 6.49. The Kier molecular flexibility index (Phi) is 7.90. The van der Waals surface area contributed by atoms with Gasteiger partial charge in [0.2, 0.25) is 0 Å². The number of hydrogen-bond acceptors (Lipinski definition) is 9. The highest BCUT2D eigenvalue weighted by Crippen LogP contribution is 2.35. The van der Waals surface area contributed by atoms with E-state index in [2.05, 4.69) is 9.51 Å². The van der Waals surface area contributed by atoms with Crippen LogP contribution in [0.3, 0.4) is 0 Å². The molecule has 8 N–H and O–H groups in total. The summed E-state index contributed by atoms with van der Waals surface area (Å²) in [7, 11) is -4.63. The number of hydrogen-bond donors (Lipinski definition) is 8. The third-order valence-electron chi connectivity index (χ3n) is 4.28. The number of phosphoric acid groups is 1. The quantitative estimate of drug-likeness (QED) is 0.121. The third-order valence-corrected chi connectivity index (χ3v) is 4.80. The van der Waals surface area contributed by atoms with Gasteiger partial charge in [0.1, 0.15) is 24.0 Å². The minimum absolute atomic E-state index is 0.0834. The molecule has 0 radical (unpaired) electrons. The van der Waals surface area contributed by atoms with E-state index < -0.39 is 56.2 Å². The fourth-order valence-electron chi connectivity index (χ4n) is 2.84. The first-order valence-electron chi connectivity index (χ1n) is 8.77. The Balaban J connectivity index is 2.34. The lowest BCUT2D eigenvalue weighted by Crippen LogP contribution is -2.43. The predicted octanol–water partition coefficient (Wildman–Crippen LogP) is -3.86. The van der Waals surface area contributed by atoms with Gasteiger partial charge in [-0.3, -0.25) is 28.4 Å². The van der Waals surface area contributed by atoms with Gasteiger partial charge in [-0.25, -0.2) is 14.2 Å². The SMILES string of the molecule is O=c1[nH]c(=O)c2c([nH]1)n(CC(O)C(O)C(O)CO)c(=O)n2CCCCOP(=O)(O)O. The first-order chi connectivity index (χ1) is 14.0. The molecule has 2 aromatic rings. The largest absolute Gasteiger partial charge is 0.469 e. The van der Waals surface area contributed by atoms with Gasteiger partial charge in [0.05, 0.1) is 19.8 Å². The second kappa shape index (κ2) is 9.80. The normalized spacial score (nSPS) is 15.4. The van der Waals surface area contributed by atoms with Crippen molar-refractivity contribution >= 4 is 19.0 Å². The second-order valence-corrected chi connectivity index (χ2v) is 7.73. The smallest absolute Gasteiger partial charge is 0.394 e. The van der Waals surface area contributed by atoms with Crippen LogP contribution in [-0.4, -0.2) is 80.8 Å². The summed E-state index contributed by atoms with van der Waals surface area (Å²) in [5.41, 5.74) is -3.08. The van der Waals surface area contributed by atoms with Crippen LogP contribution in [0.5, 0.6) is 0 Å². The number of phosphoric ester groups is 1. The molecular weight excluding hydrogens is 431 g/mol. The van der Waals surface area contributed by atoms with Crippen molar-refractivity contribution < 1.29 is 39.3 Å². The number of aryl methyl sites for hydroxylation is 1. The molecule has 0 aromatic carbocycles. The average molecular weight is 454 g/mol. The number of nitrogens with one attached hydrogen (secondary N) is 2. The Hall–Kier alpha value is -2.10. The highest BCUT2D eigenvalue weighted by molar-refractivity contribution is 7.46. The van der Waals surface area contributed by atoms with Crippen molar-refractivity contribution in [2.24, 2.45) is 0 Å². The van der Waals surface area contributed by atoms with Gasteiger partial charge in [0.25, 0.3) is 5.56 Å². The molecule has 0 fully saturated rings. The Morgan fingerprint density at radius 2 is 1.67 bits per heavy atom. The Morgan fingerprint density at radius 1 is 1.00 bits per heavy atom. The lowest BCUT2D eigenvalue weighted by molar-refractivity contribution is -0.0806. The van der Waals surface area contributed by atoms with Gasteiger partial charge >= 0.3 is 19.2 Å². The van der Waals surface area contributed by atoms with E-state index in [0.717, 1.165) is 9.13 Å². The van der Waals surface area contributed by atoms with Gasteiger partial charge < -0.3 is 30.2 Å². The minimum Gasteiger partial charge on any atom is -0.394 e. The monoisotopic (exact) mass is 454 g/mol. The van der Waals surface area contributed by atoms with Crippen molar-refractivity contribution in [3.63, 3.8) is 0 Å². The van der Waals surface area contributed by atoms with E-state index in [-0.39, 0.29) is 37.2 Å². The number of H-pyrrole nitrogens is 2. The Labute approximate surface area is 167 Å². The highest BCUT2D eigenvalue weighted by Gasteiger charge is 2.27. The summed E-state index contributed by atoms with van der Waals surface area (Å²) < 4.78 is 16.8. The maximum Gasteiger partial charge on any atom is 0.469 e. The molecule has 0 saturated carbocycles. The maximum absolute atomic E-state index is 12.8. The van der Waals surface area contributed by atoms with Crippen molar-refractivity contribution in [3.8, 4) is 0 Å². The van der Waals surface area contributed by atoms with Crippen molar-refractivity contribution in [2.45, 2.75) is 44.2 Å². The minimum atomic E-state index is -4.63. The zero-order valence-corrected chi connectivity index (χ0v) is 16.4. The van der Waals surface area contributed by atoms with Crippen LogP contribution in [0.25, 0.3) is 11.2 Å². The number of rotatable bonds is 11. The van der Waals surface area contributed by atoms with Crippen LogP contribution in [0.2, 0.25) is 0 Å². The summed E-state index contributed by atoms with van der Waals surface area (Å²) >= 11 is 0. The molecule has 16 heteroatoms. The van der Waals surface area contributed by atoms with Gasteiger partial charge in [-0.05, 0) is 12.8 Å². The zero-order valence-electron chi connectivity index (χ0n) is 15.5. The van der Waals surface area contributed by atoms with E-state index in [1.807, 2.05) is 4.98 Å². The van der Waals surface area contributed by atoms with Gasteiger partial charge in [-0.15, -0.1) is 0 Å². The summed E-state index contributed by atoms with van der Waals surface area (Å²) in [6, 6.07) is 0. The number of aromatic amines is 2. The first-order valence-corrected chi connectivity index (χ1v) is 10.3. The van der Waals surface area contributed by atoms with E-state index in [0.29, 0.717) is 0 Å². The average Bonchev–Trinajstić information content (AvgIpc) is 2.91. The molecule has 3 unspecified atom stereocenters. The lowest BCUT2D eigenvalue weighted by Gasteiger charge is -2.21. The van der Waals surface area contributed by atoms with Crippen molar-refractivity contribution in [2.75, 3.05) is 13.2 Å². The fraction of sp³-hybridized carbons (Fsp3) is 0.643. The summed E-state index contributed by atoms with van der Waals surface area (Å²) in [6.07, 6.45) is -4.90. The summed E-state index contributed by atoms with van der Waals surface area (Å²) in [4.78, 5) is 58.1. The highest BCUT2D eigenvalue weighted by atomic mass is 31.2. The van der Waals surface area contributed by atoms with Gasteiger partial charge in [0.15, 0.2) is 5.52 Å². The zero-order chi connectivity index (χ0) is 22.6. The first kappa shape index (κ1) is 24.2. The molecule has 3 atom stereocenters. The molecule has 0 bridgehead atoms. The molecule has 170 valence electrons. The molecule has 30 heavy (non-hydrogen) atoms. The van der Waals surface area contributed by atoms with Crippen molar-refractivity contribution in [1.82, 2.24) is 19.1 Å². The van der Waals surface area contributed by atoms with Crippen LogP contribution in [0.15, 0.2) is 14.4 Å². The van der Waals surface area contributed by atoms with Crippen molar-refractivity contribution in [1.29, 1.82) is 0 Å². The molecule has 0 aliphatic rings. The van der Waals surface area contributed by atoms with E-state index in [1.54, 1.807) is 0 Å². The van der Waals surface area contributed by atoms with Crippen LogP contribution < -0.4 is 16.9 Å². The number of fused-ring (bicyclic) bond motifs is 1. The van der Waals surface area contributed by atoms with Crippen LogP contribution >= 0.6 is 7.82 Å². The predicted molar refractivity (Wildman–Crippen MR) is 99.8 cm³/mol. The van der Waals surface area contributed by atoms with Crippen LogP contribution in [0, 0.1) is 0 Å². The fourth-order valence-corrected chi connectivity index (χ4v) is 3.21. The van der Waals surface area contributed by atoms with Gasteiger partial charge in [-0.1, -0.05) is 0 Å². The van der Waals surface area contributed by atoms with E-state index in [4.69, 9.17) is 14.9 Å². The molecule has 0 amide bonds. The Bertz CT molecular complexity index is 1080. The molecule has 15 nitrogen and oxygen atoms in total.